The average molecular weight is 466 g/mol. The summed E-state index contributed by atoms with van der Waals surface area (Å²) in [4.78, 5) is 29.8. The molecule has 0 spiro atoms. The first-order valence-electron chi connectivity index (χ1n) is 11.6. The molecule has 0 aromatic carbocycles. The molecule has 4 heterocycles. The van der Waals surface area contributed by atoms with Crippen molar-refractivity contribution in [1.82, 2.24) is 24.4 Å². The molecular formula is C25H32FN7O. The van der Waals surface area contributed by atoms with Crippen LogP contribution in [-0.4, -0.2) is 56.1 Å². The minimum absolute atomic E-state index is 0.0471. The lowest BCUT2D eigenvalue weighted by molar-refractivity contribution is 0.128. The molecule has 3 aromatic heterocycles. The molecule has 1 saturated heterocycles. The molecule has 9 heteroatoms. The fourth-order valence-electron chi connectivity index (χ4n) is 4.07. The summed E-state index contributed by atoms with van der Waals surface area (Å²) in [5.74, 6) is 0.247. The first-order chi connectivity index (χ1) is 16.1. The van der Waals surface area contributed by atoms with E-state index in [0.29, 0.717) is 11.4 Å². The molecule has 1 N–H and O–H groups in total. The molecule has 4 rings (SSSR count). The predicted octanol–water partition coefficient (Wildman–Crippen LogP) is 4.08. The maximum atomic E-state index is 14.5. The molecule has 0 amide bonds. The molecular weight excluding hydrogens is 433 g/mol. The van der Waals surface area contributed by atoms with Gasteiger partial charge in [-0.05, 0) is 52.8 Å². The lowest BCUT2D eigenvalue weighted by atomic mass is 10.0. The highest BCUT2D eigenvalue weighted by atomic mass is 19.1. The molecule has 0 atom stereocenters. The van der Waals surface area contributed by atoms with E-state index in [1.165, 1.54) is 6.07 Å². The number of rotatable bonds is 5. The van der Waals surface area contributed by atoms with Crippen LogP contribution in [0.15, 0.2) is 47.7 Å². The Morgan fingerprint density at radius 1 is 1.00 bits per heavy atom. The maximum Gasteiger partial charge on any atom is 0.250 e. The smallest absolute Gasteiger partial charge is 0.250 e. The van der Waals surface area contributed by atoms with Gasteiger partial charge in [-0.15, -0.1) is 0 Å². The van der Waals surface area contributed by atoms with Gasteiger partial charge in [0.1, 0.15) is 11.5 Å². The van der Waals surface area contributed by atoms with Crippen LogP contribution in [-0.2, 0) is 0 Å². The molecule has 180 valence electrons. The van der Waals surface area contributed by atoms with Crippen molar-refractivity contribution < 1.29 is 4.39 Å². The van der Waals surface area contributed by atoms with E-state index in [0.717, 1.165) is 38.1 Å². The average Bonchev–Trinajstić information content (AvgIpc) is 2.80. The van der Waals surface area contributed by atoms with Crippen LogP contribution in [0.3, 0.4) is 0 Å². The van der Waals surface area contributed by atoms with Crippen molar-refractivity contribution in [2.75, 3.05) is 36.4 Å². The number of pyridine rings is 2. The lowest BCUT2D eigenvalue weighted by Gasteiger charge is -2.42. The van der Waals surface area contributed by atoms with E-state index in [-0.39, 0.29) is 28.8 Å². The van der Waals surface area contributed by atoms with E-state index in [1.807, 2.05) is 32.2 Å². The highest BCUT2D eigenvalue weighted by Crippen LogP contribution is 2.24. The van der Waals surface area contributed by atoms with Crippen LogP contribution in [0.5, 0.6) is 0 Å². The van der Waals surface area contributed by atoms with Crippen LogP contribution >= 0.6 is 0 Å². The van der Waals surface area contributed by atoms with Crippen LogP contribution in [0, 0.1) is 5.82 Å². The summed E-state index contributed by atoms with van der Waals surface area (Å²) in [7, 11) is 0. The molecule has 3 aromatic rings. The Hall–Kier alpha value is -3.33. The number of aromatic nitrogens is 4. The van der Waals surface area contributed by atoms with Crippen LogP contribution in [0.1, 0.15) is 40.7 Å². The SMILES string of the molecule is CC(C)n1cc(-c2nc(Nc3ccc(N4CCN(C(C)(C)C)CC4)cn3)ncc2F)ccc1=O. The molecule has 0 saturated carbocycles. The number of hydrogen-bond donors (Lipinski definition) is 1. The van der Waals surface area contributed by atoms with Crippen LogP contribution in [0.25, 0.3) is 11.3 Å². The maximum absolute atomic E-state index is 14.5. The van der Waals surface area contributed by atoms with Crippen molar-refractivity contribution >= 4 is 17.5 Å². The van der Waals surface area contributed by atoms with Crippen molar-refractivity contribution in [2.45, 2.75) is 46.2 Å². The van der Waals surface area contributed by atoms with Gasteiger partial charge in [-0.25, -0.2) is 19.3 Å². The van der Waals surface area contributed by atoms with Gasteiger partial charge in [0, 0.05) is 55.6 Å². The summed E-state index contributed by atoms with van der Waals surface area (Å²) in [5.41, 5.74) is 1.73. The second-order valence-electron chi connectivity index (χ2n) is 9.82. The number of hydrogen-bond acceptors (Lipinski definition) is 7. The monoisotopic (exact) mass is 465 g/mol. The Balaban J connectivity index is 1.48. The molecule has 0 radical (unpaired) electrons. The summed E-state index contributed by atoms with van der Waals surface area (Å²) < 4.78 is 16.1. The zero-order valence-electron chi connectivity index (χ0n) is 20.4. The zero-order valence-corrected chi connectivity index (χ0v) is 20.4. The molecule has 0 bridgehead atoms. The predicted molar refractivity (Wildman–Crippen MR) is 133 cm³/mol. The molecule has 1 aliphatic heterocycles. The lowest BCUT2D eigenvalue weighted by Crippen LogP contribution is -2.53. The summed E-state index contributed by atoms with van der Waals surface area (Å²) in [6.45, 7) is 14.5. The van der Waals surface area contributed by atoms with E-state index >= 15 is 0 Å². The Morgan fingerprint density at radius 2 is 1.74 bits per heavy atom. The fourth-order valence-corrected chi connectivity index (χ4v) is 4.07. The third-order valence-electron chi connectivity index (χ3n) is 6.09. The second kappa shape index (κ2) is 9.50. The van der Waals surface area contributed by atoms with E-state index in [4.69, 9.17) is 0 Å². The van der Waals surface area contributed by atoms with Gasteiger partial charge in [0.2, 0.25) is 5.95 Å². The van der Waals surface area contributed by atoms with Crippen LogP contribution in [0.4, 0.5) is 21.8 Å². The van der Waals surface area contributed by atoms with E-state index in [9.17, 15) is 9.18 Å². The Kier molecular flexibility index (Phi) is 6.65. The topological polar surface area (TPSA) is 79.2 Å². The van der Waals surface area contributed by atoms with Gasteiger partial charge >= 0.3 is 0 Å². The minimum atomic E-state index is -0.558. The molecule has 8 nitrogen and oxygen atoms in total. The van der Waals surface area contributed by atoms with Gasteiger partial charge in [-0.1, -0.05) is 0 Å². The zero-order chi connectivity index (χ0) is 24.5. The third-order valence-corrected chi connectivity index (χ3v) is 6.09. The first-order valence-corrected chi connectivity index (χ1v) is 11.6. The fraction of sp³-hybridized carbons (Fsp3) is 0.440. The quantitative estimate of drug-likeness (QED) is 0.608. The highest BCUT2D eigenvalue weighted by molar-refractivity contribution is 5.61. The van der Waals surface area contributed by atoms with Crippen molar-refractivity contribution in [3.05, 3.63) is 59.0 Å². The number of nitrogens with one attached hydrogen (secondary N) is 1. The van der Waals surface area contributed by atoms with Gasteiger partial charge in [0.05, 0.1) is 18.1 Å². The van der Waals surface area contributed by atoms with E-state index in [1.54, 1.807) is 16.8 Å². The molecule has 0 unspecified atom stereocenters. The van der Waals surface area contributed by atoms with Crippen molar-refractivity contribution in [1.29, 1.82) is 0 Å². The molecule has 0 aliphatic carbocycles. The molecule has 1 aliphatic rings. The van der Waals surface area contributed by atoms with Crippen LogP contribution in [0.2, 0.25) is 0 Å². The van der Waals surface area contributed by atoms with Gasteiger partial charge in [-0.2, -0.15) is 0 Å². The Bertz CT molecular complexity index is 1190. The summed E-state index contributed by atoms with van der Waals surface area (Å²) >= 11 is 0. The van der Waals surface area contributed by atoms with Crippen molar-refractivity contribution in [2.24, 2.45) is 0 Å². The van der Waals surface area contributed by atoms with Crippen molar-refractivity contribution in [3.63, 3.8) is 0 Å². The standard InChI is InChI=1S/C25H32FN7O/c1-17(2)33-16-18(6-9-22(33)34)23-20(26)15-28-24(30-23)29-21-8-7-19(14-27-21)31-10-12-32(13-11-31)25(3,4)5/h6-9,14-17H,10-13H2,1-5H3,(H,27,28,29,30). The molecule has 34 heavy (non-hydrogen) atoms. The normalized spacial score (nSPS) is 15.1. The molecule has 1 fully saturated rings. The number of nitrogens with zero attached hydrogens (tertiary/aromatic N) is 6. The largest absolute Gasteiger partial charge is 0.368 e. The van der Waals surface area contributed by atoms with Gasteiger partial charge in [-0.3, -0.25) is 9.69 Å². The number of piperazine rings is 1. The summed E-state index contributed by atoms with van der Waals surface area (Å²) in [5, 5.41) is 3.05. The third kappa shape index (κ3) is 5.25. The van der Waals surface area contributed by atoms with Gasteiger partial charge in [0.15, 0.2) is 5.82 Å². The summed E-state index contributed by atoms with van der Waals surface area (Å²) in [6, 6.07) is 6.84. The number of anilines is 3. The number of halogens is 1. The van der Waals surface area contributed by atoms with Crippen molar-refractivity contribution in [3.8, 4) is 11.3 Å². The first kappa shape index (κ1) is 23.8. The van der Waals surface area contributed by atoms with Crippen LogP contribution < -0.4 is 15.8 Å². The van der Waals surface area contributed by atoms with E-state index < -0.39 is 5.82 Å². The Labute approximate surface area is 199 Å². The van der Waals surface area contributed by atoms with E-state index in [2.05, 4.69) is 50.8 Å². The summed E-state index contributed by atoms with van der Waals surface area (Å²) in [6.07, 6.45) is 4.57. The minimum Gasteiger partial charge on any atom is -0.368 e. The highest BCUT2D eigenvalue weighted by Gasteiger charge is 2.26. The van der Waals surface area contributed by atoms with Gasteiger partial charge in [0.25, 0.3) is 5.56 Å². The Morgan fingerprint density at radius 3 is 2.35 bits per heavy atom. The van der Waals surface area contributed by atoms with Gasteiger partial charge < -0.3 is 14.8 Å². The second-order valence-corrected chi connectivity index (χ2v) is 9.82.